The van der Waals surface area contributed by atoms with E-state index in [4.69, 9.17) is 12.2 Å². The van der Waals surface area contributed by atoms with E-state index in [1.54, 1.807) is 53.4 Å². The Morgan fingerprint density at radius 1 is 1.07 bits per heavy atom. The molecular weight excluding hydrogens is 390 g/mol. The van der Waals surface area contributed by atoms with E-state index in [9.17, 15) is 13.9 Å². The molecule has 0 aliphatic carbocycles. The van der Waals surface area contributed by atoms with E-state index in [1.165, 1.54) is 23.5 Å². The fraction of sp³-hybridized carbons (Fsp3) is 0.0526. The van der Waals surface area contributed by atoms with Crippen LogP contribution in [0.4, 0.5) is 14.5 Å². The number of benzene rings is 1. The molecule has 0 saturated carbocycles. The number of ether oxygens (including phenoxy) is 1. The average molecular weight is 404 g/mol. The largest absolute Gasteiger partial charge is 0.867 e. The van der Waals surface area contributed by atoms with Crippen LogP contribution in [0.25, 0.3) is 11.5 Å². The van der Waals surface area contributed by atoms with E-state index in [0.717, 1.165) is 0 Å². The SMILES string of the molecule is [O-]/C(=C(\C(=S)Nc1ccc(OC(F)F)cc1)[n+]1ccccc1)c1cccs1. The molecule has 8 heteroatoms. The Bertz CT molecular complexity index is 928. The third-order valence-corrected chi connectivity index (χ3v) is 4.65. The lowest BCUT2D eigenvalue weighted by Crippen LogP contribution is -2.39. The highest BCUT2D eigenvalue weighted by molar-refractivity contribution is 7.81. The number of anilines is 1. The monoisotopic (exact) mass is 404 g/mol. The van der Waals surface area contributed by atoms with Gasteiger partial charge in [0.15, 0.2) is 17.4 Å². The topological polar surface area (TPSA) is 48.2 Å². The third-order valence-electron chi connectivity index (χ3n) is 3.49. The molecule has 1 N–H and O–H groups in total. The maximum Gasteiger partial charge on any atom is 0.387 e. The Hall–Kier alpha value is -2.84. The molecule has 0 aliphatic heterocycles. The van der Waals surface area contributed by atoms with Gasteiger partial charge in [0.2, 0.25) is 5.70 Å². The lowest BCUT2D eigenvalue weighted by atomic mass is 10.2. The van der Waals surface area contributed by atoms with Crippen LogP contribution in [0.3, 0.4) is 0 Å². The molecule has 2 heterocycles. The zero-order valence-corrected chi connectivity index (χ0v) is 15.5. The van der Waals surface area contributed by atoms with Gasteiger partial charge in [0, 0.05) is 22.7 Å². The highest BCUT2D eigenvalue weighted by Gasteiger charge is 2.19. The number of nitrogens with one attached hydrogen (secondary N) is 1. The minimum Gasteiger partial charge on any atom is -0.867 e. The van der Waals surface area contributed by atoms with Gasteiger partial charge in [-0.05, 0) is 41.5 Å². The van der Waals surface area contributed by atoms with Crippen molar-refractivity contribution in [3.63, 3.8) is 0 Å². The van der Waals surface area contributed by atoms with Crippen LogP contribution in [0.5, 0.6) is 5.75 Å². The molecule has 2 aromatic heterocycles. The summed E-state index contributed by atoms with van der Waals surface area (Å²) in [7, 11) is 0. The molecule has 0 aliphatic rings. The first-order chi connectivity index (χ1) is 13.0. The first-order valence-corrected chi connectivity index (χ1v) is 9.11. The van der Waals surface area contributed by atoms with E-state index in [-0.39, 0.29) is 16.5 Å². The summed E-state index contributed by atoms with van der Waals surface area (Å²) in [6.07, 6.45) is 3.46. The molecule has 0 spiro atoms. The fourth-order valence-corrected chi connectivity index (χ4v) is 3.30. The Kier molecular flexibility index (Phi) is 6.10. The average Bonchev–Trinajstić information content (AvgIpc) is 3.19. The highest BCUT2D eigenvalue weighted by Crippen LogP contribution is 2.22. The Labute approximate surface area is 164 Å². The fourth-order valence-electron chi connectivity index (χ4n) is 2.32. The van der Waals surface area contributed by atoms with E-state index in [0.29, 0.717) is 16.3 Å². The molecule has 0 bridgehead atoms. The minimum atomic E-state index is -2.89. The smallest absolute Gasteiger partial charge is 0.387 e. The molecule has 0 fully saturated rings. The van der Waals surface area contributed by atoms with Gasteiger partial charge in [0.05, 0.1) is 0 Å². The summed E-state index contributed by atoms with van der Waals surface area (Å²) in [6, 6.07) is 14.8. The van der Waals surface area contributed by atoms with Gasteiger partial charge in [-0.3, -0.25) is 0 Å². The van der Waals surface area contributed by atoms with Gasteiger partial charge < -0.3 is 15.2 Å². The van der Waals surface area contributed by atoms with Crippen LogP contribution in [0, 0.1) is 0 Å². The number of alkyl halides is 2. The third kappa shape index (κ3) is 4.87. The van der Waals surface area contributed by atoms with Crippen LogP contribution >= 0.6 is 23.6 Å². The van der Waals surface area contributed by atoms with Crippen LogP contribution in [0.1, 0.15) is 4.88 Å². The Morgan fingerprint density at radius 2 is 1.78 bits per heavy atom. The standard InChI is InChI=1S/C19H14F2N2O2S2/c20-19(21)25-14-8-6-13(7-9-14)22-18(26)16(23-10-2-1-3-11-23)17(24)15-5-4-12-27-15/h1-12,19H,(H-,22,24,26). The number of pyridine rings is 1. The van der Waals surface area contributed by atoms with Crippen LogP contribution in [0.15, 0.2) is 72.4 Å². The summed E-state index contributed by atoms with van der Waals surface area (Å²) in [5.74, 6) is -0.172. The molecule has 1 aromatic carbocycles. The summed E-state index contributed by atoms with van der Waals surface area (Å²) in [4.78, 5) is 0.776. The molecular formula is C19H14F2N2O2S2. The van der Waals surface area contributed by atoms with E-state index >= 15 is 0 Å². The van der Waals surface area contributed by atoms with Crippen molar-refractivity contribution >= 4 is 45.7 Å². The van der Waals surface area contributed by atoms with Crippen LogP contribution < -0.4 is 19.7 Å². The Morgan fingerprint density at radius 3 is 2.37 bits per heavy atom. The number of thiocarbonyl (C=S) groups is 1. The predicted octanol–water partition coefficient (Wildman–Crippen LogP) is 3.76. The van der Waals surface area contributed by atoms with Gasteiger partial charge >= 0.3 is 6.61 Å². The number of hydrogen-bond donors (Lipinski definition) is 1. The van der Waals surface area contributed by atoms with Crippen molar-refractivity contribution in [1.82, 2.24) is 0 Å². The van der Waals surface area contributed by atoms with Gasteiger partial charge in [-0.15, -0.1) is 11.3 Å². The molecule has 0 saturated heterocycles. The van der Waals surface area contributed by atoms with Crippen molar-refractivity contribution in [1.29, 1.82) is 0 Å². The van der Waals surface area contributed by atoms with Crippen molar-refractivity contribution in [2.24, 2.45) is 0 Å². The molecule has 0 radical (unpaired) electrons. The number of nitrogens with zero attached hydrogens (tertiary/aromatic N) is 1. The molecule has 138 valence electrons. The number of aromatic nitrogens is 1. The van der Waals surface area contributed by atoms with Crippen molar-refractivity contribution in [2.75, 3.05) is 5.32 Å². The lowest BCUT2D eigenvalue weighted by Gasteiger charge is -2.15. The van der Waals surface area contributed by atoms with Gasteiger partial charge in [-0.1, -0.05) is 24.4 Å². The predicted molar refractivity (Wildman–Crippen MR) is 103 cm³/mol. The summed E-state index contributed by atoms with van der Waals surface area (Å²) in [6.45, 7) is -2.89. The molecule has 3 aromatic rings. The van der Waals surface area contributed by atoms with Crippen molar-refractivity contribution < 1.29 is 23.2 Å². The minimum absolute atomic E-state index is 0.0396. The summed E-state index contributed by atoms with van der Waals surface area (Å²) in [5.41, 5.74) is 0.843. The first kappa shape index (κ1) is 18.9. The van der Waals surface area contributed by atoms with Crippen LogP contribution in [0.2, 0.25) is 0 Å². The molecule has 3 rings (SSSR count). The first-order valence-electron chi connectivity index (χ1n) is 7.82. The van der Waals surface area contributed by atoms with Crippen LogP contribution in [-0.4, -0.2) is 11.6 Å². The van der Waals surface area contributed by atoms with E-state index in [2.05, 4.69) is 10.1 Å². The van der Waals surface area contributed by atoms with Gasteiger partial charge in [-0.2, -0.15) is 13.3 Å². The summed E-state index contributed by atoms with van der Waals surface area (Å²) in [5, 5.41) is 17.7. The van der Waals surface area contributed by atoms with Crippen molar-refractivity contribution in [3.8, 4) is 5.75 Å². The van der Waals surface area contributed by atoms with Crippen molar-refractivity contribution in [3.05, 3.63) is 77.2 Å². The van der Waals surface area contributed by atoms with Crippen molar-refractivity contribution in [2.45, 2.75) is 6.61 Å². The zero-order chi connectivity index (χ0) is 19.2. The summed E-state index contributed by atoms with van der Waals surface area (Å²) >= 11 is 6.78. The quantitative estimate of drug-likeness (QED) is 0.294. The maximum absolute atomic E-state index is 12.9. The summed E-state index contributed by atoms with van der Waals surface area (Å²) < 4.78 is 30.5. The number of halogens is 2. The number of rotatable bonds is 6. The van der Waals surface area contributed by atoms with E-state index < -0.39 is 6.61 Å². The second kappa shape index (κ2) is 8.70. The molecule has 0 unspecified atom stereocenters. The van der Waals surface area contributed by atoms with E-state index in [1.807, 2.05) is 11.4 Å². The number of thiophene rings is 1. The number of hydrogen-bond acceptors (Lipinski definition) is 4. The second-order valence-electron chi connectivity index (χ2n) is 5.29. The second-order valence-corrected chi connectivity index (χ2v) is 6.65. The van der Waals surface area contributed by atoms with Gasteiger partial charge in [0.25, 0.3) is 0 Å². The van der Waals surface area contributed by atoms with Crippen LogP contribution in [-0.2, 0) is 0 Å². The zero-order valence-electron chi connectivity index (χ0n) is 13.8. The normalized spacial score (nSPS) is 11.8. The highest BCUT2D eigenvalue weighted by atomic mass is 32.1. The van der Waals surface area contributed by atoms with Gasteiger partial charge in [0.1, 0.15) is 5.75 Å². The molecule has 27 heavy (non-hydrogen) atoms. The lowest BCUT2D eigenvalue weighted by molar-refractivity contribution is -0.577. The Balaban J connectivity index is 1.89. The maximum atomic E-state index is 12.9. The molecule has 4 nitrogen and oxygen atoms in total. The molecule has 0 atom stereocenters. The van der Waals surface area contributed by atoms with Gasteiger partial charge in [-0.25, -0.2) is 0 Å². The molecule has 0 amide bonds.